The van der Waals surface area contributed by atoms with Crippen molar-refractivity contribution < 1.29 is 19.1 Å². The van der Waals surface area contributed by atoms with Crippen LogP contribution in [0.4, 0.5) is 0 Å². The maximum Gasteiger partial charge on any atom is 0.337 e. The van der Waals surface area contributed by atoms with Crippen LogP contribution in [-0.2, 0) is 9.47 Å². The Kier molecular flexibility index (Phi) is 7.40. The van der Waals surface area contributed by atoms with Gasteiger partial charge in [-0.3, -0.25) is 0 Å². The Hall–Kier alpha value is -1.84. The molecule has 0 N–H and O–H groups in total. The number of methoxy groups -OCH3 is 2. The Balaban J connectivity index is 0.000000276. The lowest BCUT2D eigenvalue weighted by Crippen LogP contribution is -2.05. The van der Waals surface area contributed by atoms with Gasteiger partial charge in [0.1, 0.15) is 0 Å². The molecule has 2 rings (SSSR count). The van der Waals surface area contributed by atoms with Crippen molar-refractivity contribution in [3.8, 4) is 0 Å². The zero-order valence-corrected chi connectivity index (χ0v) is 12.2. The molecule has 0 radical (unpaired) electrons. The van der Waals surface area contributed by atoms with Crippen LogP contribution in [-0.4, -0.2) is 26.2 Å². The number of rotatable bonds is 2. The summed E-state index contributed by atoms with van der Waals surface area (Å²) in [6.45, 7) is 0. The second kappa shape index (κ2) is 9.13. The zero-order chi connectivity index (χ0) is 14.8. The van der Waals surface area contributed by atoms with E-state index in [1.807, 2.05) is 0 Å². The van der Waals surface area contributed by atoms with E-state index in [9.17, 15) is 9.59 Å². The number of carbonyl (C=O) groups is 2. The highest BCUT2D eigenvalue weighted by atomic mass is 16.5. The van der Waals surface area contributed by atoms with Crippen molar-refractivity contribution in [1.29, 1.82) is 0 Å². The third-order valence-corrected chi connectivity index (χ3v) is 3.20. The minimum Gasteiger partial charge on any atom is -0.465 e. The number of hydrogen-bond donors (Lipinski definition) is 0. The molecule has 0 heterocycles. The summed E-state index contributed by atoms with van der Waals surface area (Å²) < 4.78 is 9.03. The molecule has 1 fully saturated rings. The molecule has 110 valence electrons. The normalized spacial score (nSPS) is 13.7. The van der Waals surface area contributed by atoms with Gasteiger partial charge < -0.3 is 9.47 Å². The highest BCUT2D eigenvalue weighted by Gasteiger charge is 2.09. The Morgan fingerprint density at radius 2 is 1.15 bits per heavy atom. The van der Waals surface area contributed by atoms with E-state index < -0.39 is 11.9 Å². The molecule has 1 aliphatic rings. The number of esters is 2. The van der Waals surface area contributed by atoms with Crippen molar-refractivity contribution in [3.63, 3.8) is 0 Å². The van der Waals surface area contributed by atoms with E-state index in [0.717, 1.165) is 0 Å². The highest BCUT2D eigenvalue weighted by molar-refractivity contribution is 5.95. The summed E-state index contributed by atoms with van der Waals surface area (Å²) >= 11 is 0. The summed E-state index contributed by atoms with van der Waals surface area (Å²) in [4.78, 5) is 22.2. The molecular formula is C16H22O4. The number of hydrogen-bond acceptors (Lipinski definition) is 4. The van der Waals surface area contributed by atoms with Crippen LogP contribution in [0.2, 0.25) is 0 Å². The van der Waals surface area contributed by atoms with Crippen LogP contribution in [0.15, 0.2) is 24.3 Å². The molecular weight excluding hydrogens is 256 g/mol. The highest BCUT2D eigenvalue weighted by Crippen LogP contribution is 2.15. The van der Waals surface area contributed by atoms with Gasteiger partial charge in [0.25, 0.3) is 0 Å². The molecule has 0 spiro atoms. The maximum atomic E-state index is 11.1. The molecule has 0 saturated heterocycles. The Bertz CT molecular complexity index is 393. The van der Waals surface area contributed by atoms with Crippen LogP contribution >= 0.6 is 0 Å². The molecule has 0 aliphatic heterocycles. The summed E-state index contributed by atoms with van der Waals surface area (Å²) in [5.41, 5.74) is 0.658. The van der Waals surface area contributed by atoms with E-state index in [1.54, 1.807) is 18.2 Å². The van der Waals surface area contributed by atoms with E-state index in [2.05, 4.69) is 9.47 Å². The van der Waals surface area contributed by atoms with Gasteiger partial charge in [-0.1, -0.05) is 44.6 Å². The molecule has 0 bridgehead atoms. The van der Waals surface area contributed by atoms with Crippen molar-refractivity contribution >= 4 is 11.9 Å². The Labute approximate surface area is 120 Å². The molecule has 0 atom stereocenters. The topological polar surface area (TPSA) is 52.6 Å². The monoisotopic (exact) mass is 278 g/mol. The first-order chi connectivity index (χ1) is 9.69. The third-order valence-electron chi connectivity index (χ3n) is 3.20. The van der Waals surface area contributed by atoms with Crippen LogP contribution in [0.5, 0.6) is 0 Å². The summed E-state index contributed by atoms with van der Waals surface area (Å²) in [6, 6.07) is 6.16. The second-order valence-electron chi connectivity index (χ2n) is 4.69. The molecule has 4 nitrogen and oxygen atoms in total. The van der Waals surface area contributed by atoms with Gasteiger partial charge in [-0.25, -0.2) is 9.59 Å². The standard InChI is InChI=1S/C10H10O4.C6H12/c1-13-9(11)7-4-3-5-8(6-7)10(12)14-2;1-2-4-6-5-3-1/h3-6H,1-2H3;1-6H2. The van der Waals surface area contributed by atoms with Crippen LogP contribution < -0.4 is 0 Å². The smallest absolute Gasteiger partial charge is 0.337 e. The van der Waals surface area contributed by atoms with Gasteiger partial charge in [0.15, 0.2) is 0 Å². The molecule has 0 unspecified atom stereocenters. The van der Waals surface area contributed by atoms with Crippen LogP contribution in [0.3, 0.4) is 0 Å². The summed E-state index contributed by atoms with van der Waals surface area (Å²) in [6.07, 6.45) is 9.00. The second-order valence-corrected chi connectivity index (χ2v) is 4.69. The lowest BCUT2D eigenvalue weighted by atomic mass is 10.0. The van der Waals surface area contributed by atoms with Crippen molar-refractivity contribution in [3.05, 3.63) is 35.4 Å². The SMILES string of the molecule is C1CCCCC1.COC(=O)c1cccc(C(=O)OC)c1. The zero-order valence-electron chi connectivity index (χ0n) is 12.2. The molecule has 1 saturated carbocycles. The predicted molar refractivity (Wildman–Crippen MR) is 76.8 cm³/mol. The Morgan fingerprint density at radius 1 is 0.800 bits per heavy atom. The Morgan fingerprint density at radius 3 is 1.45 bits per heavy atom. The first-order valence-electron chi connectivity index (χ1n) is 6.95. The summed E-state index contributed by atoms with van der Waals surface area (Å²) in [5, 5.41) is 0. The number of benzene rings is 1. The van der Waals surface area contributed by atoms with Crippen LogP contribution in [0, 0.1) is 0 Å². The molecule has 0 aromatic heterocycles. The van der Waals surface area contributed by atoms with Gasteiger partial charge in [-0.05, 0) is 18.2 Å². The molecule has 4 heteroatoms. The largest absolute Gasteiger partial charge is 0.465 e. The first-order valence-corrected chi connectivity index (χ1v) is 6.95. The van der Waals surface area contributed by atoms with E-state index >= 15 is 0 Å². The minimum absolute atomic E-state index is 0.329. The van der Waals surface area contributed by atoms with Gasteiger partial charge in [-0.2, -0.15) is 0 Å². The molecule has 20 heavy (non-hydrogen) atoms. The summed E-state index contributed by atoms with van der Waals surface area (Å²) in [5.74, 6) is -0.952. The van der Waals surface area contributed by atoms with E-state index in [1.165, 1.54) is 58.8 Å². The van der Waals surface area contributed by atoms with Gasteiger partial charge >= 0.3 is 11.9 Å². The van der Waals surface area contributed by atoms with Crippen molar-refractivity contribution in [2.75, 3.05) is 14.2 Å². The third kappa shape index (κ3) is 5.43. The lowest BCUT2D eigenvalue weighted by Gasteiger charge is -2.05. The fraction of sp³-hybridized carbons (Fsp3) is 0.500. The summed E-state index contributed by atoms with van der Waals surface area (Å²) in [7, 11) is 2.57. The first kappa shape index (κ1) is 16.2. The average Bonchev–Trinajstić information content (AvgIpc) is 2.55. The number of carbonyl (C=O) groups excluding carboxylic acids is 2. The van der Waals surface area contributed by atoms with E-state index in [0.29, 0.717) is 11.1 Å². The van der Waals surface area contributed by atoms with Crippen molar-refractivity contribution in [1.82, 2.24) is 0 Å². The fourth-order valence-corrected chi connectivity index (χ4v) is 2.07. The molecule has 1 aliphatic carbocycles. The van der Waals surface area contributed by atoms with Crippen molar-refractivity contribution in [2.45, 2.75) is 38.5 Å². The van der Waals surface area contributed by atoms with Crippen molar-refractivity contribution in [2.24, 2.45) is 0 Å². The minimum atomic E-state index is -0.476. The fourth-order valence-electron chi connectivity index (χ4n) is 2.07. The number of ether oxygens (including phenoxy) is 2. The quantitative estimate of drug-likeness (QED) is 0.776. The average molecular weight is 278 g/mol. The van der Waals surface area contributed by atoms with Crippen LogP contribution in [0.1, 0.15) is 59.2 Å². The van der Waals surface area contributed by atoms with Gasteiger partial charge in [0, 0.05) is 0 Å². The molecule has 1 aromatic carbocycles. The maximum absolute atomic E-state index is 11.1. The van der Waals surface area contributed by atoms with E-state index in [4.69, 9.17) is 0 Å². The van der Waals surface area contributed by atoms with Gasteiger partial charge in [0.2, 0.25) is 0 Å². The van der Waals surface area contributed by atoms with Crippen LogP contribution in [0.25, 0.3) is 0 Å². The lowest BCUT2D eigenvalue weighted by molar-refractivity contribution is 0.0599. The van der Waals surface area contributed by atoms with Gasteiger partial charge in [-0.15, -0.1) is 0 Å². The predicted octanol–water partition coefficient (Wildman–Crippen LogP) is 3.60. The molecule has 0 amide bonds. The van der Waals surface area contributed by atoms with E-state index in [-0.39, 0.29) is 0 Å². The van der Waals surface area contributed by atoms with Gasteiger partial charge in [0.05, 0.1) is 25.3 Å². The molecule has 1 aromatic rings.